The maximum absolute atomic E-state index is 6.78. The lowest BCUT2D eigenvalue weighted by Gasteiger charge is -2.43. The molecule has 26 heteroatoms. The van der Waals surface area contributed by atoms with E-state index in [4.69, 9.17) is 73.4 Å². The fraction of sp³-hybridized carbons (Fsp3) is 0.375. The highest BCUT2D eigenvalue weighted by atomic mass is 35.5. The van der Waals surface area contributed by atoms with E-state index in [1.54, 1.807) is 48.4 Å². The van der Waals surface area contributed by atoms with Crippen molar-refractivity contribution >= 4 is 122 Å². The van der Waals surface area contributed by atoms with E-state index in [0.29, 0.717) is 37.9 Å². The summed E-state index contributed by atoms with van der Waals surface area (Å²) in [6.45, 7) is 14.5. The molecular weight excluding hydrogens is 1350 g/mol. The molecule has 3 saturated heterocycles. The minimum atomic E-state index is 0.102. The monoisotopic (exact) mass is 1420 g/mol. The van der Waals surface area contributed by atoms with E-state index < -0.39 is 0 Å². The van der Waals surface area contributed by atoms with Gasteiger partial charge in [0.15, 0.2) is 16.9 Å². The van der Waals surface area contributed by atoms with E-state index in [9.17, 15) is 0 Å². The van der Waals surface area contributed by atoms with Crippen LogP contribution in [0.25, 0.3) is 16.9 Å². The number of piperidine rings is 3. The Morgan fingerprint density at radius 1 is 0.490 bits per heavy atom. The van der Waals surface area contributed by atoms with Crippen molar-refractivity contribution < 1.29 is 0 Å². The molecule has 3 aliphatic carbocycles. The van der Waals surface area contributed by atoms with Crippen LogP contribution in [-0.2, 0) is 12.8 Å². The normalized spacial score (nSPS) is 19.7. The van der Waals surface area contributed by atoms with E-state index in [-0.39, 0.29) is 22.9 Å². The van der Waals surface area contributed by atoms with Crippen LogP contribution in [0.15, 0.2) is 152 Å². The average Bonchev–Trinajstić information content (AvgIpc) is 1.51. The van der Waals surface area contributed by atoms with Crippen LogP contribution in [0.4, 0.5) is 35.2 Å². The first-order valence-corrected chi connectivity index (χ1v) is 37.2. The zero-order chi connectivity index (χ0) is 67.8. The van der Waals surface area contributed by atoms with Gasteiger partial charge in [0.1, 0.15) is 29.6 Å². The SMILES string of the molecule is Cc1cc(N2CCC3(CC2)Cc2ccccc2[C@H]3N)n2ncnc2c1Sc1ccnc(N)c1Cl.Cc1nc(N2CCC3(CC2)Cc2ccccc2C3N)n2ccnc2c1Sc1ccnc(N)c1Cl.Cc1nc(N2CCC3(CCC[C@H]3C)CC2)n2ccnc2c1Sc1ccnc(N)c1Cl. The van der Waals surface area contributed by atoms with Gasteiger partial charge < -0.3 is 43.4 Å². The van der Waals surface area contributed by atoms with Crippen LogP contribution in [0.1, 0.15) is 116 Å². The lowest BCUT2D eigenvalue weighted by molar-refractivity contribution is 0.161. The molecule has 4 fully saturated rings. The Labute approximate surface area is 597 Å². The Morgan fingerprint density at radius 3 is 1.36 bits per heavy atom. The summed E-state index contributed by atoms with van der Waals surface area (Å²) in [5.41, 5.74) is 43.1. The topological polar surface area (TPSA) is 269 Å². The van der Waals surface area contributed by atoms with Gasteiger partial charge in [-0.25, -0.2) is 39.9 Å². The van der Waals surface area contributed by atoms with Crippen molar-refractivity contribution in [3.05, 3.63) is 177 Å². The molecule has 3 aliphatic heterocycles. The number of benzene rings is 2. The number of imidazole rings is 2. The summed E-state index contributed by atoms with van der Waals surface area (Å²) in [4.78, 5) is 48.9. The lowest BCUT2D eigenvalue weighted by atomic mass is 9.71. The van der Waals surface area contributed by atoms with Crippen molar-refractivity contribution in [2.75, 3.05) is 71.2 Å². The number of hydrogen-bond acceptors (Lipinski definition) is 20. The smallest absolute Gasteiger partial charge is 0.211 e. The van der Waals surface area contributed by atoms with E-state index in [2.05, 4.69) is 127 Å². The second-order valence-corrected chi connectivity index (χ2v) is 31.6. The van der Waals surface area contributed by atoms with Crippen molar-refractivity contribution in [2.24, 2.45) is 33.6 Å². The summed E-state index contributed by atoms with van der Waals surface area (Å²) in [5, 5.41) is 5.96. The lowest BCUT2D eigenvalue weighted by Crippen LogP contribution is -2.45. The molecule has 0 amide bonds. The molecule has 3 atom stereocenters. The van der Waals surface area contributed by atoms with Gasteiger partial charge in [0.05, 0.1) is 41.1 Å². The number of aromatic nitrogens is 12. The van der Waals surface area contributed by atoms with Gasteiger partial charge in [0, 0.05) is 109 Å². The molecule has 0 radical (unpaired) electrons. The summed E-state index contributed by atoms with van der Waals surface area (Å²) in [7, 11) is 0. The Bertz CT molecular complexity index is 4610. The zero-order valence-electron chi connectivity index (χ0n) is 55.3. The zero-order valence-corrected chi connectivity index (χ0v) is 60.0. The first-order chi connectivity index (χ1) is 47.4. The first kappa shape index (κ1) is 66.3. The van der Waals surface area contributed by atoms with Crippen molar-refractivity contribution in [2.45, 2.75) is 140 Å². The highest BCUT2D eigenvalue weighted by molar-refractivity contribution is 8.00. The molecule has 2 aromatic carbocycles. The minimum Gasteiger partial charge on any atom is -0.382 e. The predicted molar refractivity (Wildman–Crippen MR) is 395 cm³/mol. The number of nitrogens with two attached hydrogens (primary N) is 5. The molecule has 506 valence electrons. The van der Waals surface area contributed by atoms with Crippen LogP contribution in [0, 0.1) is 42.9 Å². The van der Waals surface area contributed by atoms with E-state index in [1.165, 1.54) is 66.1 Å². The van der Waals surface area contributed by atoms with Gasteiger partial charge in [0.25, 0.3) is 0 Å². The van der Waals surface area contributed by atoms with Gasteiger partial charge in [-0.05, 0) is 153 Å². The maximum atomic E-state index is 6.78. The average molecular weight is 1430 g/mol. The minimum absolute atomic E-state index is 0.102. The first-order valence-electron chi connectivity index (χ1n) is 33.6. The third kappa shape index (κ3) is 12.0. The second kappa shape index (κ2) is 26.8. The fourth-order valence-electron chi connectivity index (χ4n) is 16.2. The summed E-state index contributed by atoms with van der Waals surface area (Å²) < 4.78 is 6.13. The number of rotatable bonds is 9. The van der Waals surface area contributed by atoms with Gasteiger partial charge in [-0.15, -0.1) is 0 Å². The number of hydrogen-bond donors (Lipinski definition) is 5. The molecule has 20 nitrogen and oxygen atoms in total. The molecule has 10 N–H and O–H groups in total. The third-order valence-corrected chi connectivity index (χ3v) is 27.3. The standard InChI is InChI=1S/2C25H26ClN7S.C22H27ClN6S/c1-15-20(34-18-6-9-29-22(28)19(18)26)23-30-10-13-33(23)24(31-15)32-11-7-25(8-12-32)14-16-4-2-3-5-17(16)21(25)27;1-15-12-19(32-10-7-25(8-11-32)13-16-4-2-3-5-17(16)22(25)27)33-24(30-14-31-33)21(15)34-18-6-9-29-23(28)20(18)26;1-14-4-3-6-22(14)7-11-28(12-8-22)21-27-15(2)18(20-26-10-13-29(20)21)30-16-5-9-25-19(24)17(16)23/h2-6,9-10,13,21H,7-8,11-12,14,27H2,1H3,(H2,28,29);2-6,9,12,14,22H,7-8,10-11,13,27H2,1H3,(H2,28,29);5,9-10,13-14H,3-4,6-8,11-12H2,1-2H3,(H2,24,25)/t;22-;14-/m.11/s1. The molecule has 12 heterocycles. The number of aryl methyl sites for hydroxylation is 3. The molecule has 0 bridgehead atoms. The number of halogens is 3. The van der Waals surface area contributed by atoms with Crippen LogP contribution < -0.4 is 43.4 Å². The van der Waals surface area contributed by atoms with Crippen molar-refractivity contribution in [1.29, 1.82) is 0 Å². The summed E-state index contributed by atoms with van der Waals surface area (Å²) in [5.74, 6) is 4.81. The number of anilines is 6. The third-order valence-electron chi connectivity index (χ3n) is 22.0. The number of nitrogens with zero attached hydrogens (tertiary/aromatic N) is 15. The highest BCUT2D eigenvalue weighted by Crippen LogP contribution is 2.54. The molecule has 1 unspecified atom stereocenters. The molecular formula is C72H79Cl3N20S3. The van der Waals surface area contributed by atoms with Crippen LogP contribution in [0.3, 0.4) is 0 Å². The van der Waals surface area contributed by atoms with Gasteiger partial charge in [-0.1, -0.05) is 138 Å². The number of nitrogen functional groups attached to an aromatic ring is 3. The Hall–Kier alpha value is -7.61. The molecule has 9 aromatic heterocycles. The number of pyridine rings is 4. The fourth-order valence-corrected chi connectivity index (χ4v) is 19.9. The predicted octanol–water partition coefficient (Wildman–Crippen LogP) is 14.6. The van der Waals surface area contributed by atoms with Crippen LogP contribution >= 0.6 is 70.1 Å². The molecule has 3 spiro atoms. The van der Waals surface area contributed by atoms with E-state index >= 15 is 0 Å². The highest BCUT2D eigenvalue weighted by Gasteiger charge is 2.48. The number of fused-ring (bicyclic) bond motifs is 5. The van der Waals surface area contributed by atoms with Gasteiger partial charge in [0.2, 0.25) is 11.9 Å². The molecule has 1 saturated carbocycles. The Morgan fingerprint density at radius 2 is 0.918 bits per heavy atom. The van der Waals surface area contributed by atoms with Crippen LogP contribution in [0.5, 0.6) is 0 Å². The summed E-state index contributed by atoms with van der Waals surface area (Å²) in [6, 6.07) is 25.3. The second-order valence-electron chi connectivity index (χ2n) is 27.3. The van der Waals surface area contributed by atoms with Gasteiger partial charge in [-0.3, -0.25) is 8.80 Å². The molecule has 17 rings (SSSR count). The maximum Gasteiger partial charge on any atom is 0.211 e. The summed E-state index contributed by atoms with van der Waals surface area (Å²) >= 11 is 23.8. The van der Waals surface area contributed by atoms with Gasteiger partial charge >= 0.3 is 0 Å². The Kier molecular flexibility index (Phi) is 18.1. The van der Waals surface area contributed by atoms with E-state index in [0.717, 1.165) is 165 Å². The van der Waals surface area contributed by atoms with Crippen molar-refractivity contribution in [1.82, 2.24) is 58.3 Å². The quantitative estimate of drug-likeness (QED) is 0.0898. The largest absolute Gasteiger partial charge is 0.382 e. The Balaban J connectivity index is 0.000000120. The van der Waals surface area contributed by atoms with E-state index in [1.807, 2.05) is 61.3 Å². The van der Waals surface area contributed by atoms with Crippen molar-refractivity contribution in [3.63, 3.8) is 0 Å². The van der Waals surface area contributed by atoms with Crippen molar-refractivity contribution in [3.8, 4) is 0 Å². The van der Waals surface area contributed by atoms with Gasteiger partial charge in [-0.2, -0.15) is 9.61 Å². The molecule has 98 heavy (non-hydrogen) atoms. The molecule has 11 aromatic rings. The van der Waals surface area contributed by atoms with Crippen LogP contribution in [-0.4, -0.2) is 97.6 Å². The molecule has 6 aliphatic rings. The van der Waals surface area contributed by atoms with Crippen LogP contribution in [0.2, 0.25) is 15.1 Å². The summed E-state index contributed by atoms with van der Waals surface area (Å²) in [6.07, 6.45) is 27.3.